The van der Waals surface area contributed by atoms with Crippen LogP contribution in [0.2, 0.25) is 0 Å². The van der Waals surface area contributed by atoms with E-state index in [1.807, 2.05) is 6.07 Å². The van der Waals surface area contributed by atoms with Crippen LogP contribution in [0, 0.1) is 5.82 Å². The standard InChI is InChI=1S/C25H25FN2O4S/c26-21-5-1-3-20(15-21)18-32-22-6-8-23(9-7-22)33(30,31)24-10-13-28(14-11-24)25(29)16-19-4-2-12-27-17-19/h1-9,12,15,17,24H,10-11,13-14,16,18H2. The van der Waals surface area contributed by atoms with Crippen molar-refractivity contribution in [2.45, 2.75) is 36.0 Å². The van der Waals surface area contributed by atoms with E-state index in [0.29, 0.717) is 37.2 Å². The van der Waals surface area contributed by atoms with Crippen molar-refractivity contribution < 1.29 is 22.3 Å². The summed E-state index contributed by atoms with van der Waals surface area (Å²) >= 11 is 0. The highest BCUT2D eigenvalue weighted by Crippen LogP contribution is 2.26. The van der Waals surface area contributed by atoms with Crippen LogP contribution in [0.1, 0.15) is 24.0 Å². The lowest BCUT2D eigenvalue weighted by Gasteiger charge is -2.32. The summed E-state index contributed by atoms with van der Waals surface area (Å²) in [5.74, 6) is 0.162. The van der Waals surface area contributed by atoms with Crippen molar-refractivity contribution in [3.8, 4) is 5.75 Å². The Hall–Kier alpha value is -3.26. The number of halogens is 1. The molecule has 4 rings (SSSR count). The van der Waals surface area contributed by atoms with E-state index < -0.39 is 15.1 Å². The molecule has 1 aliphatic rings. The second-order valence-electron chi connectivity index (χ2n) is 8.05. The Kier molecular flexibility index (Phi) is 7.03. The number of likely N-dealkylation sites (tertiary alicyclic amines) is 1. The highest BCUT2D eigenvalue weighted by molar-refractivity contribution is 7.92. The van der Waals surface area contributed by atoms with Crippen LogP contribution in [-0.2, 0) is 27.7 Å². The number of benzene rings is 2. The van der Waals surface area contributed by atoms with E-state index in [2.05, 4.69) is 4.98 Å². The van der Waals surface area contributed by atoms with Gasteiger partial charge in [-0.2, -0.15) is 0 Å². The third-order valence-corrected chi connectivity index (χ3v) is 8.04. The van der Waals surface area contributed by atoms with Crippen LogP contribution in [0.15, 0.2) is 78.0 Å². The Balaban J connectivity index is 1.32. The molecule has 8 heteroatoms. The predicted molar refractivity (Wildman–Crippen MR) is 122 cm³/mol. The van der Waals surface area contributed by atoms with Gasteiger partial charge in [0.1, 0.15) is 18.2 Å². The SMILES string of the molecule is O=C(Cc1cccnc1)N1CCC(S(=O)(=O)c2ccc(OCc3cccc(F)c3)cc2)CC1. The van der Waals surface area contributed by atoms with Gasteiger partial charge in [-0.1, -0.05) is 18.2 Å². The molecule has 2 aromatic carbocycles. The second-order valence-corrected chi connectivity index (χ2v) is 10.3. The number of aromatic nitrogens is 1. The van der Waals surface area contributed by atoms with Gasteiger partial charge in [-0.25, -0.2) is 12.8 Å². The van der Waals surface area contributed by atoms with E-state index in [0.717, 1.165) is 5.56 Å². The zero-order valence-electron chi connectivity index (χ0n) is 18.1. The van der Waals surface area contributed by atoms with Gasteiger partial charge in [0.2, 0.25) is 5.91 Å². The van der Waals surface area contributed by atoms with Gasteiger partial charge in [-0.3, -0.25) is 9.78 Å². The molecule has 0 aliphatic carbocycles. The summed E-state index contributed by atoms with van der Waals surface area (Å²) in [6.45, 7) is 1.02. The number of carbonyl (C=O) groups is 1. The van der Waals surface area contributed by atoms with E-state index in [1.54, 1.807) is 47.6 Å². The first-order valence-electron chi connectivity index (χ1n) is 10.8. The molecule has 1 amide bonds. The van der Waals surface area contributed by atoms with E-state index >= 15 is 0 Å². The summed E-state index contributed by atoms with van der Waals surface area (Å²) in [7, 11) is -3.51. The molecule has 0 radical (unpaired) electrons. The number of ether oxygens (including phenoxy) is 1. The Morgan fingerprint density at radius 3 is 2.42 bits per heavy atom. The summed E-state index contributed by atoms with van der Waals surface area (Å²) < 4.78 is 45.1. The molecule has 2 heterocycles. The van der Waals surface area contributed by atoms with Crippen LogP contribution in [0.5, 0.6) is 5.75 Å². The molecule has 0 unspecified atom stereocenters. The van der Waals surface area contributed by atoms with Crippen LogP contribution in [0.3, 0.4) is 0 Å². The third kappa shape index (κ3) is 5.76. The summed E-state index contributed by atoms with van der Waals surface area (Å²) in [4.78, 5) is 18.5. The lowest BCUT2D eigenvalue weighted by Crippen LogP contribution is -2.43. The molecule has 1 fully saturated rings. The van der Waals surface area contributed by atoms with Crippen LogP contribution < -0.4 is 4.74 Å². The minimum Gasteiger partial charge on any atom is -0.489 e. The number of hydrogen-bond donors (Lipinski definition) is 0. The molecule has 33 heavy (non-hydrogen) atoms. The molecule has 1 aliphatic heterocycles. The van der Waals surface area contributed by atoms with Crippen molar-refractivity contribution in [1.82, 2.24) is 9.88 Å². The lowest BCUT2D eigenvalue weighted by molar-refractivity contribution is -0.131. The fourth-order valence-electron chi connectivity index (χ4n) is 3.92. The van der Waals surface area contributed by atoms with Crippen molar-refractivity contribution in [3.63, 3.8) is 0 Å². The van der Waals surface area contributed by atoms with Crippen LogP contribution >= 0.6 is 0 Å². The van der Waals surface area contributed by atoms with Gasteiger partial charge >= 0.3 is 0 Å². The van der Waals surface area contributed by atoms with E-state index in [1.165, 1.54) is 24.3 Å². The number of rotatable bonds is 7. The van der Waals surface area contributed by atoms with Crippen LogP contribution in [-0.4, -0.2) is 42.5 Å². The van der Waals surface area contributed by atoms with Crippen molar-refractivity contribution in [2.75, 3.05) is 13.1 Å². The molecule has 0 N–H and O–H groups in total. The molecule has 1 aromatic heterocycles. The van der Waals surface area contributed by atoms with Gasteiger partial charge in [0.05, 0.1) is 16.6 Å². The number of nitrogens with zero attached hydrogens (tertiary/aromatic N) is 2. The summed E-state index contributed by atoms with van der Waals surface area (Å²) in [5.41, 5.74) is 1.54. The molecule has 0 atom stereocenters. The number of carbonyl (C=O) groups excluding carboxylic acids is 1. The molecule has 1 saturated heterocycles. The first-order valence-corrected chi connectivity index (χ1v) is 12.3. The van der Waals surface area contributed by atoms with E-state index in [4.69, 9.17) is 4.74 Å². The molecule has 0 saturated carbocycles. The molecule has 6 nitrogen and oxygen atoms in total. The van der Waals surface area contributed by atoms with Gasteiger partial charge in [0.25, 0.3) is 0 Å². The molecule has 0 spiro atoms. The first kappa shape index (κ1) is 22.9. The van der Waals surface area contributed by atoms with Gasteiger partial charge in [-0.15, -0.1) is 0 Å². The molecule has 3 aromatic rings. The van der Waals surface area contributed by atoms with Crippen molar-refractivity contribution in [1.29, 1.82) is 0 Å². The van der Waals surface area contributed by atoms with Crippen LogP contribution in [0.25, 0.3) is 0 Å². The van der Waals surface area contributed by atoms with E-state index in [9.17, 15) is 17.6 Å². The van der Waals surface area contributed by atoms with Gasteiger partial charge < -0.3 is 9.64 Å². The summed E-state index contributed by atoms with van der Waals surface area (Å²) in [6.07, 6.45) is 4.40. The number of amides is 1. The number of piperidine rings is 1. The Morgan fingerprint density at radius 2 is 1.76 bits per heavy atom. The molecular weight excluding hydrogens is 443 g/mol. The van der Waals surface area contributed by atoms with Gasteiger partial charge in [0.15, 0.2) is 9.84 Å². The van der Waals surface area contributed by atoms with Crippen molar-refractivity contribution >= 4 is 15.7 Å². The quantitative estimate of drug-likeness (QED) is 0.527. The third-order valence-electron chi connectivity index (χ3n) is 5.76. The maximum atomic E-state index is 13.3. The minimum absolute atomic E-state index is 0.0151. The fourth-order valence-corrected chi connectivity index (χ4v) is 5.65. The smallest absolute Gasteiger partial charge is 0.227 e. The monoisotopic (exact) mass is 468 g/mol. The van der Waals surface area contributed by atoms with E-state index in [-0.39, 0.29) is 29.6 Å². The average molecular weight is 469 g/mol. The average Bonchev–Trinajstić information content (AvgIpc) is 2.84. The first-order chi connectivity index (χ1) is 15.9. The molecule has 172 valence electrons. The summed E-state index contributed by atoms with van der Waals surface area (Å²) in [5, 5.41) is -0.529. The maximum absolute atomic E-state index is 13.3. The largest absolute Gasteiger partial charge is 0.489 e. The van der Waals surface area contributed by atoms with Gasteiger partial charge in [-0.05, 0) is 66.4 Å². The summed E-state index contributed by atoms with van der Waals surface area (Å²) in [6, 6.07) is 16.1. The number of hydrogen-bond acceptors (Lipinski definition) is 5. The predicted octanol–water partition coefficient (Wildman–Crippen LogP) is 3.81. The molecule has 0 bridgehead atoms. The topological polar surface area (TPSA) is 76.6 Å². The van der Waals surface area contributed by atoms with Crippen molar-refractivity contribution in [3.05, 3.63) is 90.0 Å². The Labute approximate surface area is 193 Å². The lowest BCUT2D eigenvalue weighted by atomic mass is 10.1. The fraction of sp³-hybridized carbons (Fsp3) is 0.280. The molecular formula is C25H25FN2O4S. The Bertz CT molecular complexity index is 1190. The number of pyridine rings is 1. The van der Waals surface area contributed by atoms with Gasteiger partial charge in [0, 0.05) is 25.5 Å². The van der Waals surface area contributed by atoms with Crippen LogP contribution in [0.4, 0.5) is 4.39 Å². The second kappa shape index (κ2) is 10.1. The normalized spacial score (nSPS) is 14.8. The highest BCUT2D eigenvalue weighted by atomic mass is 32.2. The Morgan fingerprint density at radius 1 is 1.03 bits per heavy atom. The zero-order chi connectivity index (χ0) is 23.3. The maximum Gasteiger partial charge on any atom is 0.227 e. The highest BCUT2D eigenvalue weighted by Gasteiger charge is 2.32. The number of sulfone groups is 1. The minimum atomic E-state index is -3.51. The zero-order valence-corrected chi connectivity index (χ0v) is 18.9. The van der Waals surface area contributed by atoms with Crippen molar-refractivity contribution in [2.24, 2.45) is 0 Å².